The topological polar surface area (TPSA) is 66.8 Å². The number of aliphatic carboxylic acids is 1. The maximum absolute atomic E-state index is 11.7. The zero-order valence-corrected chi connectivity index (χ0v) is 10.4. The van der Waals surface area contributed by atoms with E-state index >= 15 is 0 Å². The van der Waals surface area contributed by atoms with Crippen molar-refractivity contribution in [3.05, 3.63) is 0 Å². The van der Waals surface area contributed by atoms with Crippen LogP contribution >= 0.6 is 0 Å². The van der Waals surface area contributed by atoms with Crippen molar-refractivity contribution in [1.82, 2.24) is 4.90 Å². The fraction of sp³-hybridized carbons (Fsp3) is 0.818. The number of carboxylic acids is 1. The molecule has 0 aromatic rings. The zero-order valence-electron chi connectivity index (χ0n) is 10.4. The molecule has 2 atom stereocenters. The Morgan fingerprint density at radius 2 is 1.94 bits per heavy atom. The fourth-order valence-electron chi connectivity index (χ4n) is 1.12. The maximum Gasteiger partial charge on any atom is 0.326 e. The summed E-state index contributed by atoms with van der Waals surface area (Å²) in [5, 5.41) is 8.76. The molecule has 0 aliphatic heterocycles. The molecule has 0 heterocycles. The smallest absolute Gasteiger partial charge is 0.326 e. The van der Waals surface area contributed by atoms with Crippen molar-refractivity contribution in [2.45, 2.75) is 45.8 Å². The van der Waals surface area contributed by atoms with Crippen LogP contribution in [0.1, 0.15) is 33.6 Å². The molecular formula is C11H21NO4. The standard InChI is InChI=1S/C11H21NO4/c1-5-6-7-16-9(3)10(13)12(4)8(2)11(14)15/h8-9H,5-7H2,1-4H3,(H,14,15). The van der Waals surface area contributed by atoms with E-state index in [1.54, 1.807) is 6.92 Å². The number of rotatable bonds is 7. The van der Waals surface area contributed by atoms with Gasteiger partial charge in [0, 0.05) is 13.7 Å². The second kappa shape index (κ2) is 7.22. The molecule has 0 radical (unpaired) electrons. The lowest BCUT2D eigenvalue weighted by Crippen LogP contribution is -2.45. The highest BCUT2D eigenvalue weighted by atomic mass is 16.5. The van der Waals surface area contributed by atoms with E-state index in [4.69, 9.17) is 9.84 Å². The number of ether oxygens (including phenoxy) is 1. The Balaban J connectivity index is 4.16. The number of carbonyl (C=O) groups excluding carboxylic acids is 1. The minimum atomic E-state index is -1.02. The van der Waals surface area contributed by atoms with Gasteiger partial charge in [-0.15, -0.1) is 0 Å². The van der Waals surface area contributed by atoms with E-state index in [0.29, 0.717) is 6.61 Å². The molecule has 5 heteroatoms. The lowest BCUT2D eigenvalue weighted by molar-refractivity contribution is -0.153. The van der Waals surface area contributed by atoms with Gasteiger partial charge in [-0.05, 0) is 20.3 Å². The summed E-state index contributed by atoms with van der Waals surface area (Å²) in [5.41, 5.74) is 0. The van der Waals surface area contributed by atoms with Crippen molar-refractivity contribution in [3.8, 4) is 0 Å². The number of hydrogen-bond donors (Lipinski definition) is 1. The molecule has 0 spiro atoms. The molecule has 0 aliphatic carbocycles. The van der Waals surface area contributed by atoms with E-state index < -0.39 is 18.1 Å². The summed E-state index contributed by atoms with van der Waals surface area (Å²) in [5.74, 6) is -1.32. The quantitative estimate of drug-likeness (QED) is 0.667. The Labute approximate surface area is 96.4 Å². The number of unbranched alkanes of at least 4 members (excludes halogenated alkanes) is 1. The second-order valence-corrected chi connectivity index (χ2v) is 3.83. The van der Waals surface area contributed by atoms with Crippen LogP contribution in [0.25, 0.3) is 0 Å². The maximum atomic E-state index is 11.7. The van der Waals surface area contributed by atoms with Gasteiger partial charge in [-0.2, -0.15) is 0 Å². The van der Waals surface area contributed by atoms with Gasteiger partial charge in [-0.3, -0.25) is 4.79 Å². The lowest BCUT2D eigenvalue weighted by Gasteiger charge is -2.24. The van der Waals surface area contributed by atoms with Gasteiger partial charge in [0.05, 0.1) is 0 Å². The summed E-state index contributed by atoms with van der Waals surface area (Å²) >= 11 is 0. The summed E-state index contributed by atoms with van der Waals surface area (Å²) in [7, 11) is 1.47. The van der Waals surface area contributed by atoms with Gasteiger partial charge in [-0.1, -0.05) is 13.3 Å². The van der Waals surface area contributed by atoms with Crippen molar-refractivity contribution < 1.29 is 19.4 Å². The zero-order chi connectivity index (χ0) is 12.7. The summed E-state index contributed by atoms with van der Waals surface area (Å²) in [6.45, 7) is 5.68. The molecule has 16 heavy (non-hydrogen) atoms. The first-order chi connectivity index (χ1) is 7.41. The van der Waals surface area contributed by atoms with Gasteiger partial charge in [0.1, 0.15) is 12.1 Å². The van der Waals surface area contributed by atoms with Gasteiger partial charge < -0.3 is 14.7 Å². The Morgan fingerprint density at radius 1 is 1.38 bits per heavy atom. The minimum absolute atomic E-state index is 0.300. The normalized spacial score (nSPS) is 14.2. The summed E-state index contributed by atoms with van der Waals surface area (Å²) in [6.07, 6.45) is 1.32. The first kappa shape index (κ1) is 14.9. The van der Waals surface area contributed by atoms with Crippen molar-refractivity contribution in [2.24, 2.45) is 0 Å². The Kier molecular flexibility index (Phi) is 6.72. The van der Waals surface area contributed by atoms with Crippen LogP contribution < -0.4 is 0 Å². The number of carbonyl (C=O) groups is 2. The van der Waals surface area contributed by atoms with Crippen LogP contribution in [-0.4, -0.2) is 47.7 Å². The van der Waals surface area contributed by atoms with Crippen LogP contribution in [-0.2, 0) is 14.3 Å². The lowest BCUT2D eigenvalue weighted by atomic mass is 10.2. The molecule has 0 rings (SSSR count). The molecule has 0 bridgehead atoms. The summed E-state index contributed by atoms with van der Waals surface area (Å²) in [6, 6.07) is -0.829. The number of carboxylic acid groups (broad SMARTS) is 1. The molecule has 94 valence electrons. The van der Waals surface area contributed by atoms with E-state index in [1.165, 1.54) is 18.9 Å². The van der Waals surface area contributed by atoms with Crippen LogP contribution in [0.15, 0.2) is 0 Å². The second-order valence-electron chi connectivity index (χ2n) is 3.83. The first-order valence-corrected chi connectivity index (χ1v) is 5.52. The van der Waals surface area contributed by atoms with Crippen LogP contribution in [0, 0.1) is 0 Å². The molecule has 0 aromatic heterocycles. The van der Waals surface area contributed by atoms with Gasteiger partial charge >= 0.3 is 5.97 Å². The molecule has 2 unspecified atom stereocenters. The van der Waals surface area contributed by atoms with Crippen LogP contribution in [0.4, 0.5) is 0 Å². The number of amides is 1. The minimum Gasteiger partial charge on any atom is -0.480 e. The molecule has 1 amide bonds. The first-order valence-electron chi connectivity index (χ1n) is 5.52. The third-order valence-electron chi connectivity index (χ3n) is 2.50. The van der Waals surface area contributed by atoms with Crippen molar-refractivity contribution in [3.63, 3.8) is 0 Å². The molecule has 0 fully saturated rings. The molecule has 0 aromatic carbocycles. The van der Waals surface area contributed by atoms with E-state index in [9.17, 15) is 9.59 Å². The van der Waals surface area contributed by atoms with Gasteiger partial charge in [0.2, 0.25) is 0 Å². The highest BCUT2D eigenvalue weighted by molar-refractivity contribution is 5.85. The Bertz CT molecular complexity index is 242. The molecule has 5 nitrogen and oxygen atoms in total. The number of nitrogens with zero attached hydrogens (tertiary/aromatic N) is 1. The van der Waals surface area contributed by atoms with Crippen molar-refractivity contribution in [1.29, 1.82) is 0 Å². The van der Waals surface area contributed by atoms with E-state index in [2.05, 4.69) is 0 Å². The molecule has 0 saturated heterocycles. The van der Waals surface area contributed by atoms with E-state index in [0.717, 1.165) is 12.8 Å². The fourth-order valence-corrected chi connectivity index (χ4v) is 1.12. The van der Waals surface area contributed by atoms with Gasteiger partial charge in [0.15, 0.2) is 0 Å². The molecular weight excluding hydrogens is 210 g/mol. The summed E-state index contributed by atoms with van der Waals surface area (Å²) in [4.78, 5) is 23.6. The van der Waals surface area contributed by atoms with Crippen molar-refractivity contribution in [2.75, 3.05) is 13.7 Å². The summed E-state index contributed by atoms with van der Waals surface area (Å²) < 4.78 is 5.31. The predicted octanol–water partition coefficient (Wildman–Crippen LogP) is 1.12. The van der Waals surface area contributed by atoms with Crippen LogP contribution in [0.2, 0.25) is 0 Å². The van der Waals surface area contributed by atoms with E-state index in [1.807, 2.05) is 6.92 Å². The monoisotopic (exact) mass is 231 g/mol. The number of likely N-dealkylation sites (N-methyl/N-ethyl adjacent to an activating group) is 1. The van der Waals surface area contributed by atoms with Gasteiger partial charge in [0.25, 0.3) is 5.91 Å². The average molecular weight is 231 g/mol. The third kappa shape index (κ3) is 4.61. The highest BCUT2D eigenvalue weighted by Crippen LogP contribution is 2.03. The number of hydrogen-bond acceptors (Lipinski definition) is 3. The Morgan fingerprint density at radius 3 is 2.38 bits per heavy atom. The molecule has 0 saturated carbocycles. The SMILES string of the molecule is CCCCOC(C)C(=O)N(C)C(C)C(=O)O. The average Bonchev–Trinajstić information content (AvgIpc) is 2.26. The highest BCUT2D eigenvalue weighted by Gasteiger charge is 2.25. The third-order valence-corrected chi connectivity index (χ3v) is 2.50. The van der Waals surface area contributed by atoms with Crippen LogP contribution in [0.5, 0.6) is 0 Å². The molecule has 1 N–H and O–H groups in total. The van der Waals surface area contributed by atoms with Crippen LogP contribution in [0.3, 0.4) is 0 Å². The Hall–Kier alpha value is -1.10. The van der Waals surface area contributed by atoms with E-state index in [-0.39, 0.29) is 5.91 Å². The predicted molar refractivity (Wildman–Crippen MR) is 60.2 cm³/mol. The molecule has 0 aliphatic rings. The van der Waals surface area contributed by atoms with Gasteiger partial charge in [-0.25, -0.2) is 4.79 Å². The van der Waals surface area contributed by atoms with Crippen molar-refractivity contribution >= 4 is 11.9 Å². The largest absolute Gasteiger partial charge is 0.480 e.